The fourth-order valence-corrected chi connectivity index (χ4v) is 3.89. The first kappa shape index (κ1) is 20.6. The lowest BCUT2D eigenvalue weighted by molar-refractivity contribution is 0.0601. The van der Waals surface area contributed by atoms with Crippen LogP contribution < -0.4 is 15.4 Å². The Bertz CT molecular complexity index is 1150. The maximum atomic E-state index is 12.6. The van der Waals surface area contributed by atoms with Crippen molar-refractivity contribution in [3.63, 3.8) is 0 Å². The van der Waals surface area contributed by atoms with Crippen molar-refractivity contribution < 1.29 is 9.53 Å². The normalized spacial score (nSPS) is 16.3. The third-order valence-electron chi connectivity index (χ3n) is 5.60. The number of benzene rings is 1. The SMILES string of the molecule is COC(=O)c1cccc(N2CCN(c3nc(-c4ccncc4)cc(=O)n3C)[C@H](C)C2)c1. The van der Waals surface area contributed by atoms with Gasteiger partial charge in [0.05, 0.1) is 18.4 Å². The summed E-state index contributed by atoms with van der Waals surface area (Å²) in [5.41, 5.74) is 2.91. The van der Waals surface area contributed by atoms with Gasteiger partial charge in [-0.1, -0.05) is 6.07 Å². The lowest BCUT2D eigenvalue weighted by atomic mass is 10.1. The van der Waals surface area contributed by atoms with E-state index in [1.54, 1.807) is 36.1 Å². The Morgan fingerprint density at radius 3 is 2.61 bits per heavy atom. The minimum atomic E-state index is -0.347. The number of esters is 1. The molecule has 1 aliphatic rings. The van der Waals surface area contributed by atoms with Crippen LogP contribution in [0.2, 0.25) is 0 Å². The predicted octanol–water partition coefficient (Wildman–Crippen LogP) is 2.34. The molecule has 0 bridgehead atoms. The number of carbonyl (C=O) groups excluding carboxylic acids is 1. The van der Waals surface area contributed by atoms with Crippen LogP contribution >= 0.6 is 0 Å². The Morgan fingerprint density at radius 1 is 1.13 bits per heavy atom. The van der Waals surface area contributed by atoms with E-state index in [1.165, 1.54) is 7.11 Å². The molecule has 4 rings (SSSR count). The molecule has 2 aromatic heterocycles. The van der Waals surface area contributed by atoms with E-state index < -0.39 is 0 Å². The van der Waals surface area contributed by atoms with Crippen molar-refractivity contribution in [2.45, 2.75) is 13.0 Å². The van der Waals surface area contributed by atoms with E-state index in [2.05, 4.69) is 21.7 Å². The highest BCUT2D eigenvalue weighted by Crippen LogP contribution is 2.25. The van der Waals surface area contributed by atoms with E-state index >= 15 is 0 Å². The second kappa shape index (κ2) is 8.59. The number of pyridine rings is 1. The molecule has 0 unspecified atom stereocenters. The summed E-state index contributed by atoms with van der Waals surface area (Å²) in [6.45, 7) is 4.29. The molecule has 0 amide bonds. The number of hydrogen-bond donors (Lipinski definition) is 0. The van der Waals surface area contributed by atoms with Gasteiger partial charge in [-0.25, -0.2) is 9.78 Å². The number of nitrogens with zero attached hydrogens (tertiary/aromatic N) is 5. The van der Waals surface area contributed by atoms with Crippen molar-refractivity contribution in [3.05, 3.63) is 70.8 Å². The lowest BCUT2D eigenvalue weighted by Crippen LogP contribution is -2.53. The summed E-state index contributed by atoms with van der Waals surface area (Å²) in [6, 6.07) is 12.8. The average molecular weight is 419 g/mol. The fraction of sp³-hybridized carbons (Fsp3) is 0.304. The molecule has 1 aliphatic heterocycles. The number of piperazine rings is 1. The van der Waals surface area contributed by atoms with Crippen molar-refractivity contribution >= 4 is 17.6 Å². The predicted molar refractivity (Wildman–Crippen MR) is 120 cm³/mol. The monoisotopic (exact) mass is 419 g/mol. The van der Waals surface area contributed by atoms with E-state index in [1.807, 2.05) is 30.3 Å². The number of rotatable bonds is 4. The van der Waals surface area contributed by atoms with Crippen LogP contribution in [0.4, 0.5) is 11.6 Å². The third-order valence-corrected chi connectivity index (χ3v) is 5.60. The van der Waals surface area contributed by atoms with E-state index in [4.69, 9.17) is 9.72 Å². The molecular formula is C23H25N5O3. The molecule has 160 valence electrons. The number of aromatic nitrogens is 3. The van der Waals surface area contributed by atoms with Crippen LogP contribution in [0.3, 0.4) is 0 Å². The highest BCUT2D eigenvalue weighted by Gasteiger charge is 2.27. The Balaban J connectivity index is 1.59. The largest absolute Gasteiger partial charge is 0.465 e. The van der Waals surface area contributed by atoms with Gasteiger partial charge in [-0.2, -0.15) is 0 Å². The summed E-state index contributed by atoms with van der Waals surface area (Å²) in [5.74, 6) is 0.301. The summed E-state index contributed by atoms with van der Waals surface area (Å²) >= 11 is 0. The van der Waals surface area contributed by atoms with Crippen molar-refractivity contribution in [1.82, 2.24) is 14.5 Å². The van der Waals surface area contributed by atoms with Crippen molar-refractivity contribution in [3.8, 4) is 11.3 Å². The second-order valence-corrected chi connectivity index (χ2v) is 7.60. The van der Waals surface area contributed by atoms with E-state index in [9.17, 15) is 9.59 Å². The molecule has 0 radical (unpaired) electrons. The van der Waals surface area contributed by atoms with Crippen LogP contribution in [0.15, 0.2) is 59.7 Å². The molecule has 8 nitrogen and oxygen atoms in total. The number of hydrogen-bond acceptors (Lipinski definition) is 7. The maximum Gasteiger partial charge on any atom is 0.337 e. The van der Waals surface area contributed by atoms with Gasteiger partial charge in [0.1, 0.15) is 0 Å². The van der Waals surface area contributed by atoms with E-state index in [-0.39, 0.29) is 17.6 Å². The van der Waals surface area contributed by atoms with Gasteiger partial charge in [0.15, 0.2) is 0 Å². The molecule has 8 heteroatoms. The summed E-state index contributed by atoms with van der Waals surface area (Å²) < 4.78 is 6.43. The van der Waals surface area contributed by atoms with Crippen LogP contribution in [-0.2, 0) is 11.8 Å². The minimum Gasteiger partial charge on any atom is -0.465 e. The first-order valence-electron chi connectivity index (χ1n) is 10.2. The number of ether oxygens (including phenoxy) is 1. The van der Waals surface area contributed by atoms with Crippen molar-refractivity contribution in [2.75, 3.05) is 36.5 Å². The summed E-state index contributed by atoms with van der Waals surface area (Å²) in [5, 5.41) is 0. The topological polar surface area (TPSA) is 80.6 Å². The molecule has 1 atom stereocenters. The van der Waals surface area contributed by atoms with E-state index in [0.29, 0.717) is 23.8 Å². The van der Waals surface area contributed by atoms with Crippen LogP contribution in [0.5, 0.6) is 0 Å². The van der Waals surface area contributed by atoms with Crippen molar-refractivity contribution in [2.24, 2.45) is 7.05 Å². The first-order valence-corrected chi connectivity index (χ1v) is 10.2. The summed E-state index contributed by atoms with van der Waals surface area (Å²) in [4.78, 5) is 37.7. The Morgan fingerprint density at radius 2 is 1.90 bits per heavy atom. The van der Waals surface area contributed by atoms with E-state index in [0.717, 1.165) is 24.3 Å². The van der Waals surface area contributed by atoms with Gasteiger partial charge in [0, 0.05) is 62.4 Å². The zero-order valence-corrected chi connectivity index (χ0v) is 17.9. The number of anilines is 2. The molecule has 1 aromatic carbocycles. The molecule has 0 aliphatic carbocycles. The van der Waals surface area contributed by atoms with Gasteiger partial charge in [-0.15, -0.1) is 0 Å². The number of carbonyl (C=O) groups is 1. The zero-order chi connectivity index (χ0) is 22.0. The molecule has 0 saturated carbocycles. The van der Waals surface area contributed by atoms with Crippen LogP contribution in [0.25, 0.3) is 11.3 Å². The number of methoxy groups -OCH3 is 1. The molecule has 1 fully saturated rings. The highest BCUT2D eigenvalue weighted by atomic mass is 16.5. The summed E-state index contributed by atoms with van der Waals surface area (Å²) in [7, 11) is 3.13. The second-order valence-electron chi connectivity index (χ2n) is 7.60. The molecule has 3 aromatic rings. The Hall–Kier alpha value is -3.68. The maximum absolute atomic E-state index is 12.6. The van der Waals surface area contributed by atoms with Gasteiger partial charge in [0.25, 0.3) is 5.56 Å². The molecule has 3 heterocycles. The standard InChI is InChI=1S/C23H25N5O3/c1-16-15-27(19-6-4-5-18(13-19)22(30)31-3)11-12-28(16)23-25-20(14-21(29)26(23)2)17-7-9-24-10-8-17/h4-10,13-14,16H,11-12,15H2,1-3H3/t16-/m1/s1. The molecule has 0 spiro atoms. The Labute approximate surface area is 180 Å². The van der Waals surface area contributed by atoms with Crippen molar-refractivity contribution in [1.29, 1.82) is 0 Å². The summed E-state index contributed by atoms with van der Waals surface area (Å²) in [6.07, 6.45) is 3.38. The fourth-order valence-electron chi connectivity index (χ4n) is 3.89. The van der Waals surface area contributed by atoms with Crippen LogP contribution in [0, 0.1) is 0 Å². The van der Waals surface area contributed by atoms with Gasteiger partial charge in [-0.05, 0) is 37.3 Å². The smallest absolute Gasteiger partial charge is 0.337 e. The van der Waals surface area contributed by atoms with Gasteiger partial charge < -0.3 is 14.5 Å². The van der Waals surface area contributed by atoms with Gasteiger partial charge >= 0.3 is 5.97 Å². The average Bonchev–Trinajstić information content (AvgIpc) is 2.81. The van der Waals surface area contributed by atoms with Crippen LogP contribution in [-0.4, -0.2) is 53.3 Å². The molecular weight excluding hydrogens is 394 g/mol. The quantitative estimate of drug-likeness (QED) is 0.601. The Kier molecular flexibility index (Phi) is 5.70. The highest BCUT2D eigenvalue weighted by molar-refractivity contribution is 5.90. The zero-order valence-electron chi connectivity index (χ0n) is 17.9. The minimum absolute atomic E-state index is 0.0998. The molecule has 1 saturated heterocycles. The first-order chi connectivity index (χ1) is 15.0. The van der Waals surface area contributed by atoms with Crippen LogP contribution in [0.1, 0.15) is 17.3 Å². The molecule has 0 N–H and O–H groups in total. The van der Waals surface area contributed by atoms with Gasteiger partial charge in [-0.3, -0.25) is 14.3 Å². The third kappa shape index (κ3) is 4.14. The lowest BCUT2D eigenvalue weighted by Gasteiger charge is -2.42. The van der Waals surface area contributed by atoms with Gasteiger partial charge in [0.2, 0.25) is 5.95 Å². The molecule has 31 heavy (non-hydrogen) atoms.